The average molecular weight is 257 g/mol. The Kier molecular flexibility index (Phi) is 3.81. The molecule has 0 atom stereocenters. The minimum atomic E-state index is -1.71. The first-order chi connectivity index (χ1) is 7.20. The summed E-state index contributed by atoms with van der Waals surface area (Å²) in [7, 11) is -1.71. The molecule has 0 aliphatic rings. The molecule has 0 unspecified atom stereocenters. The molecule has 0 fully saturated rings. The minimum absolute atomic E-state index is 0.0184. The van der Waals surface area contributed by atoms with Crippen molar-refractivity contribution in [1.29, 1.82) is 0 Å². The van der Waals surface area contributed by atoms with E-state index in [0.29, 0.717) is 16.3 Å². The van der Waals surface area contributed by atoms with Crippen molar-refractivity contribution in [3.8, 4) is 5.75 Å². The van der Waals surface area contributed by atoms with Crippen LogP contribution in [0, 0.1) is 6.92 Å². The fourth-order valence-corrected chi connectivity index (χ4v) is 2.34. The summed E-state index contributed by atoms with van der Waals surface area (Å²) >= 11 is 6.00. The normalized spacial score (nSPS) is 11.4. The molecule has 1 aromatic carbocycles. The van der Waals surface area contributed by atoms with E-state index in [9.17, 15) is 4.79 Å². The van der Waals surface area contributed by atoms with Gasteiger partial charge in [-0.25, -0.2) is 0 Å². The zero-order valence-electron chi connectivity index (χ0n) is 10.3. The predicted octanol–water partition coefficient (Wildman–Crippen LogP) is 4.06. The Morgan fingerprint density at radius 1 is 1.31 bits per heavy atom. The first-order valence-electron chi connectivity index (χ1n) is 5.21. The second kappa shape index (κ2) is 4.59. The number of Topliss-reactive ketones (excluding diaryl/α,β-unsaturated/α-hetero) is 1. The van der Waals surface area contributed by atoms with Crippen LogP contribution in [0.25, 0.3) is 0 Å². The summed E-state index contributed by atoms with van der Waals surface area (Å²) in [5.74, 6) is 0.642. The summed E-state index contributed by atoms with van der Waals surface area (Å²) in [6, 6.07) is 3.53. The highest BCUT2D eigenvalue weighted by Crippen LogP contribution is 2.28. The van der Waals surface area contributed by atoms with Crippen molar-refractivity contribution in [3.05, 3.63) is 28.3 Å². The number of rotatable bonds is 3. The maximum Gasteiger partial charge on any atom is 0.242 e. The van der Waals surface area contributed by atoms with Gasteiger partial charge in [-0.1, -0.05) is 11.6 Å². The molecular weight excluding hydrogens is 240 g/mol. The highest BCUT2D eigenvalue weighted by molar-refractivity contribution is 6.70. The van der Waals surface area contributed by atoms with Gasteiger partial charge in [0.15, 0.2) is 5.78 Å². The smallest absolute Gasteiger partial charge is 0.242 e. The SMILES string of the molecule is CC(=O)c1cc(Cl)c(C)cc1O[Si](C)(C)C. The lowest BCUT2D eigenvalue weighted by Crippen LogP contribution is -2.30. The van der Waals surface area contributed by atoms with E-state index in [1.54, 1.807) is 6.07 Å². The van der Waals surface area contributed by atoms with Crippen molar-refractivity contribution in [3.63, 3.8) is 0 Å². The summed E-state index contributed by atoms with van der Waals surface area (Å²) in [5.41, 5.74) is 1.50. The zero-order chi connectivity index (χ0) is 12.5. The molecule has 0 N–H and O–H groups in total. The number of hydrogen-bond donors (Lipinski definition) is 0. The molecule has 88 valence electrons. The van der Waals surface area contributed by atoms with Crippen LogP contribution in [-0.2, 0) is 0 Å². The highest BCUT2D eigenvalue weighted by Gasteiger charge is 2.20. The van der Waals surface area contributed by atoms with Crippen LogP contribution in [0.2, 0.25) is 24.7 Å². The van der Waals surface area contributed by atoms with Crippen LogP contribution in [0.1, 0.15) is 22.8 Å². The first-order valence-corrected chi connectivity index (χ1v) is 8.99. The van der Waals surface area contributed by atoms with Gasteiger partial charge in [-0.3, -0.25) is 4.79 Å². The van der Waals surface area contributed by atoms with Crippen LogP contribution in [0.4, 0.5) is 0 Å². The van der Waals surface area contributed by atoms with Crippen molar-refractivity contribution in [2.75, 3.05) is 0 Å². The third-order valence-electron chi connectivity index (χ3n) is 2.06. The van der Waals surface area contributed by atoms with Crippen LogP contribution in [0.15, 0.2) is 12.1 Å². The summed E-state index contributed by atoms with van der Waals surface area (Å²) in [5, 5.41) is 0.605. The molecule has 0 saturated carbocycles. The van der Waals surface area contributed by atoms with Crippen molar-refractivity contribution in [1.82, 2.24) is 0 Å². The van der Waals surface area contributed by atoms with E-state index in [2.05, 4.69) is 19.6 Å². The van der Waals surface area contributed by atoms with Gasteiger partial charge in [0.25, 0.3) is 0 Å². The summed E-state index contributed by atoms with van der Waals surface area (Å²) in [6.45, 7) is 9.68. The molecule has 2 nitrogen and oxygen atoms in total. The van der Waals surface area contributed by atoms with Crippen LogP contribution in [-0.4, -0.2) is 14.1 Å². The van der Waals surface area contributed by atoms with E-state index in [1.165, 1.54) is 6.92 Å². The van der Waals surface area contributed by atoms with Gasteiger partial charge >= 0.3 is 0 Å². The van der Waals surface area contributed by atoms with Gasteiger partial charge in [-0.2, -0.15) is 0 Å². The van der Waals surface area contributed by atoms with Crippen LogP contribution in [0.3, 0.4) is 0 Å². The molecule has 0 aliphatic heterocycles. The van der Waals surface area contributed by atoms with Crippen LogP contribution in [0.5, 0.6) is 5.75 Å². The molecule has 16 heavy (non-hydrogen) atoms. The standard InChI is InChI=1S/C12H17ClO2Si/c1-8-6-12(15-16(3,4)5)10(9(2)14)7-11(8)13/h6-7H,1-5H3. The van der Waals surface area contributed by atoms with Gasteiger partial charge in [-0.15, -0.1) is 0 Å². The van der Waals surface area contributed by atoms with E-state index in [1.807, 2.05) is 13.0 Å². The van der Waals surface area contributed by atoms with E-state index >= 15 is 0 Å². The van der Waals surface area contributed by atoms with Gasteiger partial charge in [0.2, 0.25) is 8.32 Å². The second-order valence-corrected chi connectivity index (χ2v) is 9.70. The van der Waals surface area contributed by atoms with Gasteiger partial charge < -0.3 is 4.43 Å². The molecule has 0 aliphatic carbocycles. The van der Waals surface area contributed by atoms with E-state index in [-0.39, 0.29) is 5.78 Å². The molecule has 0 bridgehead atoms. The Labute approximate surface area is 103 Å². The molecule has 0 amide bonds. The van der Waals surface area contributed by atoms with E-state index < -0.39 is 8.32 Å². The Balaban J connectivity index is 3.25. The summed E-state index contributed by atoms with van der Waals surface area (Å²) < 4.78 is 5.89. The molecule has 0 spiro atoms. The lowest BCUT2D eigenvalue weighted by molar-refractivity contribution is 0.101. The Morgan fingerprint density at radius 3 is 2.31 bits per heavy atom. The number of hydrogen-bond acceptors (Lipinski definition) is 2. The van der Waals surface area contributed by atoms with E-state index in [4.69, 9.17) is 16.0 Å². The monoisotopic (exact) mass is 256 g/mol. The van der Waals surface area contributed by atoms with Crippen LogP contribution >= 0.6 is 11.6 Å². The highest BCUT2D eigenvalue weighted by atomic mass is 35.5. The number of halogens is 1. The maximum atomic E-state index is 11.5. The molecule has 1 rings (SSSR count). The maximum absolute atomic E-state index is 11.5. The van der Waals surface area contributed by atoms with Gasteiger partial charge in [0.1, 0.15) is 5.75 Å². The van der Waals surface area contributed by atoms with Gasteiger partial charge in [0.05, 0.1) is 5.56 Å². The molecule has 0 aromatic heterocycles. The van der Waals surface area contributed by atoms with Crippen molar-refractivity contribution in [2.45, 2.75) is 33.5 Å². The Hall–Kier alpha value is -0.803. The first kappa shape index (κ1) is 13.3. The molecular formula is C12H17ClO2Si. The Bertz CT molecular complexity index is 422. The van der Waals surface area contributed by atoms with Crippen molar-refractivity contribution >= 4 is 25.7 Å². The quantitative estimate of drug-likeness (QED) is 0.602. The minimum Gasteiger partial charge on any atom is -0.544 e. The fourth-order valence-electron chi connectivity index (χ4n) is 1.34. The van der Waals surface area contributed by atoms with Gasteiger partial charge in [-0.05, 0) is 51.2 Å². The lowest BCUT2D eigenvalue weighted by atomic mass is 10.1. The van der Waals surface area contributed by atoms with E-state index in [0.717, 1.165) is 5.56 Å². The van der Waals surface area contributed by atoms with Crippen LogP contribution < -0.4 is 4.43 Å². The molecule has 0 heterocycles. The largest absolute Gasteiger partial charge is 0.544 e. The fraction of sp³-hybridized carbons (Fsp3) is 0.417. The molecule has 4 heteroatoms. The third-order valence-corrected chi connectivity index (χ3v) is 3.30. The second-order valence-electron chi connectivity index (χ2n) is 4.87. The predicted molar refractivity (Wildman–Crippen MR) is 70.2 cm³/mol. The number of ketones is 1. The summed E-state index contributed by atoms with van der Waals surface area (Å²) in [4.78, 5) is 11.5. The number of benzene rings is 1. The summed E-state index contributed by atoms with van der Waals surface area (Å²) in [6.07, 6.45) is 0. The van der Waals surface area contributed by atoms with Crippen molar-refractivity contribution in [2.24, 2.45) is 0 Å². The topological polar surface area (TPSA) is 26.3 Å². The molecule has 0 radical (unpaired) electrons. The lowest BCUT2D eigenvalue weighted by Gasteiger charge is -2.21. The average Bonchev–Trinajstić information content (AvgIpc) is 2.07. The Morgan fingerprint density at radius 2 is 1.88 bits per heavy atom. The molecule has 1 aromatic rings. The number of carbonyl (C=O) groups excluding carboxylic acids is 1. The van der Waals surface area contributed by atoms with Gasteiger partial charge in [0, 0.05) is 5.02 Å². The molecule has 0 saturated heterocycles. The third kappa shape index (κ3) is 3.35. The zero-order valence-corrected chi connectivity index (χ0v) is 12.1. The number of aryl methyl sites for hydroxylation is 1. The number of carbonyl (C=O) groups is 1. The van der Waals surface area contributed by atoms with Crippen molar-refractivity contribution < 1.29 is 9.22 Å².